The smallest absolute Gasteiger partial charge is 0.341 e. The molecule has 1 saturated heterocycles. The fourth-order valence-corrected chi connectivity index (χ4v) is 2.53. The first-order chi connectivity index (χ1) is 8.92. The monoisotopic (exact) mass is 266 g/mol. The lowest BCUT2D eigenvalue weighted by Gasteiger charge is -2.42. The Kier molecular flexibility index (Phi) is 3.96. The molecule has 0 spiro atoms. The number of piperidine rings is 1. The fraction of sp³-hybridized carbons (Fsp3) is 0.643. The van der Waals surface area contributed by atoms with Gasteiger partial charge in [-0.05, 0) is 17.9 Å². The average Bonchev–Trinajstić information content (AvgIpc) is 2.81. The maximum absolute atomic E-state index is 11.4. The van der Waals surface area contributed by atoms with E-state index in [2.05, 4.69) is 23.5 Å². The molecule has 5 heteroatoms. The molecule has 19 heavy (non-hydrogen) atoms. The predicted octanol–water partition coefficient (Wildman–Crippen LogP) is 1.63. The van der Waals surface area contributed by atoms with Crippen molar-refractivity contribution < 1.29 is 13.9 Å². The molecular weight excluding hydrogens is 244 g/mol. The molecule has 1 aromatic rings. The number of hydrogen-bond acceptors (Lipinski definition) is 5. The zero-order valence-electron chi connectivity index (χ0n) is 11.8. The van der Waals surface area contributed by atoms with Gasteiger partial charge in [0.05, 0.1) is 19.2 Å². The molecule has 2 N–H and O–H groups in total. The summed E-state index contributed by atoms with van der Waals surface area (Å²) in [5.41, 5.74) is 6.69. The van der Waals surface area contributed by atoms with E-state index >= 15 is 0 Å². The highest BCUT2D eigenvalue weighted by atomic mass is 16.5. The number of carbonyl (C=O) groups is 1. The topological polar surface area (TPSA) is 68.7 Å². The molecule has 0 saturated carbocycles. The molecule has 106 valence electrons. The molecule has 2 heterocycles. The molecule has 1 aliphatic rings. The Hall–Kier alpha value is -1.33. The Bertz CT molecular complexity index is 453. The number of carbonyl (C=O) groups excluding carboxylic acids is 1. The van der Waals surface area contributed by atoms with Crippen molar-refractivity contribution in [1.29, 1.82) is 0 Å². The number of ether oxygens (including phenoxy) is 1. The summed E-state index contributed by atoms with van der Waals surface area (Å²) in [7, 11) is 1.36. The molecular formula is C14H22N2O3. The van der Waals surface area contributed by atoms with Gasteiger partial charge < -0.3 is 14.9 Å². The molecule has 0 amide bonds. The summed E-state index contributed by atoms with van der Waals surface area (Å²) < 4.78 is 10.1. The summed E-state index contributed by atoms with van der Waals surface area (Å²) in [5.74, 6) is 0.419. The lowest BCUT2D eigenvalue weighted by atomic mass is 9.80. The second-order valence-electron chi connectivity index (χ2n) is 5.89. The maximum atomic E-state index is 11.4. The van der Waals surface area contributed by atoms with Gasteiger partial charge in [0.1, 0.15) is 12.0 Å². The summed E-state index contributed by atoms with van der Waals surface area (Å²) in [6.07, 6.45) is 2.43. The van der Waals surface area contributed by atoms with E-state index in [1.807, 2.05) is 0 Å². The first-order valence-corrected chi connectivity index (χ1v) is 6.56. The minimum atomic E-state index is -0.365. The number of esters is 1. The van der Waals surface area contributed by atoms with Crippen molar-refractivity contribution in [1.82, 2.24) is 4.90 Å². The van der Waals surface area contributed by atoms with Crippen LogP contribution in [0.25, 0.3) is 0 Å². The van der Waals surface area contributed by atoms with Crippen molar-refractivity contribution in [2.75, 3.05) is 20.2 Å². The van der Waals surface area contributed by atoms with E-state index in [0.29, 0.717) is 12.1 Å². The molecule has 0 radical (unpaired) electrons. The van der Waals surface area contributed by atoms with Gasteiger partial charge in [0.25, 0.3) is 0 Å². The number of furan rings is 1. The summed E-state index contributed by atoms with van der Waals surface area (Å²) in [4.78, 5) is 13.7. The van der Waals surface area contributed by atoms with Gasteiger partial charge in [0, 0.05) is 19.1 Å². The highest BCUT2D eigenvalue weighted by Crippen LogP contribution is 2.28. The maximum Gasteiger partial charge on any atom is 0.341 e. The van der Waals surface area contributed by atoms with Gasteiger partial charge in [-0.1, -0.05) is 13.8 Å². The molecule has 1 aliphatic heterocycles. The van der Waals surface area contributed by atoms with Gasteiger partial charge in [-0.3, -0.25) is 4.90 Å². The first kappa shape index (κ1) is 14.1. The minimum absolute atomic E-state index is 0.107. The van der Waals surface area contributed by atoms with Crippen LogP contribution in [0.15, 0.2) is 16.7 Å². The molecule has 0 aromatic carbocycles. The van der Waals surface area contributed by atoms with E-state index in [4.69, 9.17) is 10.2 Å². The van der Waals surface area contributed by atoms with Crippen molar-refractivity contribution in [3.8, 4) is 0 Å². The third kappa shape index (κ3) is 3.16. The van der Waals surface area contributed by atoms with E-state index in [-0.39, 0.29) is 17.4 Å². The zero-order chi connectivity index (χ0) is 14.0. The van der Waals surface area contributed by atoms with Crippen molar-refractivity contribution in [3.63, 3.8) is 0 Å². The van der Waals surface area contributed by atoms with E-state index < -0.39 is 0 Å². The van der Waals surface area contributed by atoms with Gasteiger partial charge in [0.2, 0.25) is 0 Å². The molecule has 5 nitrogen and oxygen atoms in total. The molecule has 0 aliphatic carbocycles. The Labute approximate surface area is 113 Å². The third-order valence-electron chi connectivity index (χ3n) is 3.85. The second-order valence-corrected chi connectivity index (χ2v) is 5.89. The van der Waals surface area contributed by atoms with Crippen LogP contribution in [-0.2, 0) is 11.3 Å². The molecule has 1 fully saturated rings. The van der Waals surface area contributed by atoms with Crippen molar-refractivity contribution >= 4 is 5.97 Å². The Morgan fingerprint density at radius 3 is 3.00 bits per heavy atom. The van der Waals surface area contributed by atoms with Crippen LogP contribution in [0.2, 0.25) is 0 Å². The van der Waals surface area contributed by atoms with Crippen LogP contribution >= 0.6 is 0 Å². The SMILES string of the molecule is COC(=O)c1coc(CN2CCC(N)C(C)(C)C2)c1. The van der Waals surface area contributed by atoms with Crippen LogP contribution in [-0.4, -0.2) is 37.1 Å². The minimum Gasteiger partial charge on any atom is -0.467 e. The lowest BCUT2D eigenvalue weighted by molar-refractivity contribution is 0.0600. The normalized spacial score (nSPS) is 23.3. The number of hydrogen-bond donors (Lipinski definition) is 1. The highest BCUT2D eigenvalue weighted by Gasteiger charge is 2.33. The van der Waals surface area contributed by atoms with Gasteiger partial charge in [0.15, 0.2) is 0 Å². The summed E-state index contributed by atoms with van der Waals surface area (Å²) in [6, 6.07) is 1.99. The van der Waals surface area contributed by atoms with Gasteiger partial charge in [-0.2, -0.15) is 0 Å². The van der Waals surface area contributed by atoms with Crippen molar-refractivity contribution in [2.24, 2.45) is 11.1 Å². The van der Waals surface area contributed by atoms with Crippen LogP contribution in [0, 0.1) is 5.41 Å². The summed E-state index contributed by atoms with van der Waals surface area (Å²) >= 11 is 0. The van der Waals surface area contributed by atoms with E-state index in [1.165, 1.54) is 13.4 Å². The number of likely N-dealkylation sites (tertiary alicyclic amines) is 1. The number of methoxy groups -OCH3 is 1. The largest absolute Gasteiger partial charge is 0.467 e. The summed E-state index contributed by atoms with van der Waals surface area (Å²) in [6.45, 7) is 6.96. The quantitative estimate of drug-likeness (QED) is 0.842. The van der Waals surface area contributed by atoms with E-state index in [1.54, 1.807) is 6.07 Å². The van der Waals surface area contributed by atoms with Crippen LogP contribution in [0.1, 0.15) is 36.4 Å². The number of rotatable bonds is 3. The Morgan fingerprint density at radius 2 is 2.37 bits per heavy atom. The van der Waals surface area contributed by atoms with E-state index in [0.717, 1.165) is 25.3 Å². The third-order valence-corrected chi connectivity index (χ3v) is 3.85. The van der Waals surface area contributed by atoms with Crippen molar-refractivity contribution in [3.05, 3.63) is 23.7 Å². The molecule has 1 aromatic heterocycles. The Morgan fingerprint density at radius 1 is 1.63 bits per heavy atom. The molecule has 0 bridgehead atoms. The fourth-order valence-electron chi connectivity index (χ4n) is 2.53. The average molecular weight is 266 g/mol. The summed E-state index contributed by atoms with van der Waals surface area (Å²) in [5, 5.41) is 0. The Balaban J connectivity index is 1.98. The van der Waals surface area contributed by atoms with Crippen LogP contribution < -0.4 is 5.73 Å². The van der Waals surface area contributed by atoms with Crippen LogP contribution in [0.4, 0.5) is 0 Å². The first-order valence-electron chi connectivity index (χ1n) is 6.56. The number of nitrogens with two attached hydrogens (primary N) is 1. The van der Waals surface area contributed by atoms with Gasteiger partial charge in [-0.25, -0.2) is 4.79 Å². The van der Waals surface area contributed by atoms with Crippen LogP contribution in [0.5, 0.6) is 0 Å². The molecule has 1 unspecified atom stereocenters. The van der Waals surface area contributed by atoms with E-state index in [9.17, 15) is 4.79 Å². The lowest BCUT2D eigenvalue weighted by Crippen LogP contribution is -2.51. The predicted molar refractivity (Wildman–Crippen MR) is 71.7 cm³/mol. The van der Waals surface area contributed by atoms with Gasteiger partial charge >= 0.3 is 5.97 Å². The van der Waals surface area contributed by atoms with Crippen molar-refractivity contribution in [2.45, 2.75) is 32.9 Å². The van der Waals surface area contributed by atoms with Crippen LogP contribution in [0.3, 0.4) is 0 Å². The number of nitrogens with zero attached hydrogens (tertiary/aromatic N) is 1. The highest BCUT2D eigenvalue weighted by molar-refractivity contribution is 5.88. The standard InChI is InChI=1S/C14H22N2O3/c1-14(2)9-16(5-4-12(14)15)7-11-6-10(8-19-11)13(17)18-3/h6,8,12H,4-5,7,9,15H2,1-3H3. The molecule has 1 atom stereocenters. The zero-order valence-corrected chi connectivity index (χ0v) is 11.8. The second kappa shape index (κ2) is 5.35. The molecule has 2 rings (SSSR count). The van der Waals surface area contributed by atoms with Gasteiger partial charge in [-0.15, -0.1) is 0 Å².